The Kier molecular flexibility index (Phi) is 3.94. The third kappa shape index (κ3) is 3.19. The lowest BCUT2D eigenvalue weighted by Crippen LogP contribution is -2.13. The number of hydrogen-bond acceptors (Lipinski definition) is 4. The second-order valence-corrected chi connectivity index (χ2v) is 4.35. The van der Waals surface area contributed by atoms with Crippen LogP contribution in [0, 0.1) is 5.82 Å². The normalized spacial score (nSPS) is 10.5. The Morgan fingerprint density at radius 1 is 1.21 bits per heavy atom. The number of benzene rings is 1. The maximum atomic E-state index is 12.9. The Bertz CT molecular complexity index is 554. The first kappa shape index (κ1) is 13.3. The van der Waals surface area contributed by atoms with Gasteiger partial charge in [0.1, 0.15) is 23.3 Å². The van der Waals surface area contributed by atoms with Gasteiger partial charge >= 0.3 is 0 Å². The number of hydrogen-bond donors (Lipinski definition) is 1. The molecule has 100 valence electrons. The summed E-state index contributed by atoms with van der Waals surface area (Å²) in [5, 5.41) is 0. The molecule has 19 heavy (non-hydrogen) atoms. The summed E-state index contributed by atoms with van der Waals surface area (Å²) < 4.78 is 12.9. The molecule has 0 fully saturated rings. The van der Waals surface area contributed by atoms with Gasteiger partial charge in [0.25, 0.3) is 0 Å². The summed E-state index contributed by atoms with van der Waals surface area (Å²) in [6, 6.07) is 7.95. The highest BCUT2D eigenvalue weighted by Gasteiger charge is 2.09. The third-order valence-electron chi connectivity index (χ3n) is 2.81. The Balaban J connectivity index is 2.32. The van der Waals surface area contributed by atoms with Crippen LogP contribution in [0.25, 0.3) is 0 Å². The molecule has 4 nitrogen and oxygen atoms in total. The van der Waals surface area contributed by atoms with Crippen molar-refractivity contribution >= 4 is 17.3 Å². The van der Waals surface area contributed by atoms with Gasteiger partial charge in [0.05, 0.1) is 0 Å². The summed E-state index contributed by atoms with van der Waals surface area (Å²) in [5.41, 5.74) is 6.64. The van der Waals surface area contributed by atoms with Crippen LogP contribution in [0.1, 0.15) is 19.2 Å². The summed E-state index contributed by atoms with van der Waals surface area (Å²) in [6.45, 7) is 2.07. The fourth-order valence-corrected chi connectivity index (χ4v) is 1.81. The van der Waals surface area contributed by atoms with E-state index in [1.165, 1.54) is 12.1 Å². The molecule has 0 aliphatic rings. The zero-order chi connectivity index (χ0) is 13.8. The number of aromatic nitrogens is 2. The van der Waals surface area contributed by atoms with Crippen LogP contribution >= 0.6 is 0 Å². The Hall–Kier alpha value is -2.17. The second kappa shape index (κ2) is 5.65. The maximum Gasteiger partial charge on any atom is 0.138 e. The van der Waals surface area contributed by atoms with Crippen LogP contribution in [-0.4, -0.2) is 17.0 Å². The predicted octanol–water partition coefficient (Wildman–Crippen LogP) is 2.92. The summed E-state index contributed by atoms with van der Waals surface area (Å²) >= 11 is 0. The van der Waals surface area contributed by atoms with Gasteiger partial charge in [-0.25, -0.2) is 14.4 Å². The van der Waals surface area contributed by atoms with Crippen LogP contribution in [0.15, 0.2) is 30.3 Å². The highest BCUT2D eigenvalue weighted by Crippen LogP contribution is 2.23. The van der Waals surface area contributed by atoms with Crippen LogP contribution in [-0.2, 0) is 6.42 Å². The van der Waals surface area contributed by atoms with Gasteiger partial charge in [0.2, 0.25) is 0 Å². The Morgan fingerprint density at radius 2 is 1.89 bits per heavy atom. The molecule has 1 heterocycles. The van der Waals surface area contributed by atoms with E-state index in [0.717, 1.165) is 24.4 Å². The molecule has 2 aromatic rings. The molecule has 0 bridgehead atoms. The van der Waals surface area contributed by atoms with Gasteiger partial charge in [0.15, 0.2) is 0 Å². The predicted molar refractivity (Wildman–Crippen MR) is 74.9 cm³/mol. The summed E-state index contributed by atoms with van der Waals surface area (Å²) in [4.78, 5) is 10.5. The first-order valence-electron chi connectivity index (χ1n) is 6.23. The van der Waals surface area contributed by atoms with Gasteiger partial charge in [-0.3, -0.25) is 0 Å². The maximum absolute atomic E-state index is 12.9. The van der Waals surface area contributed by atoms with Crippen LogP contribution in [0.4, 0.5) is 21.7 Å². The number of nitrogens with zero attached hydrogens (tertiary/aromatic N) is 3. The molecule has 0 radical (unpaired) electrons. The van der Waals surface area contributed by atoms with Crippen molar-refractivity contribution in [2.45, 2.75) is 19.8 Å². The monoisotopic (exact) mass is 260 g/mol. The largest absolute Gasteiger partial charge is 0.384 e. The highest BCUT2D eigenvalue weighted by atomic mass is 19.1. The van der Waals surface area contributed by atoms with E-state index >= 15 is 0 Å². The minimum atomic E-state index is -0.258. The van der Waals surface area contributed by atoms with E-state index < -0.39 is 0 Å². The van der Waals surface area contributed by atoms with Crippen molar-refractivity contribution in [3.05, 3.63) is 42.0 Å². The lowest BCUT2D eigenvalue weighted by molar-refractivity contribution is 0.628. The molecular weight excluding hydrogens is 243 g/mol. The summed E-state index contributed by atoms with van der Waals surface area (Å²) in [5.74, 6) is 1.63. The number of halogens is 1. The van der Waals surface area contributed by atoms with Crippen molar-refractivity contribution in [1.82, 2.24) is 9.97 Å². The lowest BCUT2D eigenvalue weighted by atomic mass is 10.3. The van der Waals surface area contributed by atoms with Crippen molar-refractivity contribution in [3.8, 4) is 0 Å². The Labute approximate surface area is 112 Å². The van der Waals surface area contributed by atoms with Gasteiger partial charge < -0.3 is 10.6 Å². The zero-order valence-corrected chi connectivity index (χ0v) is 11.1. The van der Waals surface area contributed by atoms with Crippen molar-refractivity contribution < 1.29 is 4.39 Å². The van der Waals surface area contributed by atoms with Crippen molar-refractivity contribution in [2.75, 3.05) is 17.7 Å². The summed E-state index contributed by atoms with van der Waals surface area (Å²) in [7, 11) is 1.87. The molecule has 1 aromatic heterocycles. The van der Waals surface area contributed by atoms with Crippen molar-refractivity contribution in [1.29, 1.82) is 0 Å². The van der Waals surface area contributed by atoms with Crippen molar-refractivity contribution in [2.24, 2.45) is 0 Å². The third-order valence-corrected chi connectivity index (χ3v) is 2.81. The average Bonchev–Trinajstić information content (AvgIpc) is 2.38. The summed E-state index contributed by atoms with van der Waals surface area (Å²) in [6.07, 6.45) is 1.75. The number of rotatable bonds is 4. The molecule has 0 unspecified atom stereocenters. The van der Waals surface area contributed by atoms with E-state index in [2.05, 4.69) is 16.9 Å². The van der Waals surface area contributed by atoms with Crippen LogP contribution in [0.5, 0.6) is 0 Å². The molecule has 0 atom stereocenters. The molecule has 0 amide bonds. The molecule has 5 heteroatoms. The van der Waals surface area contributed by atoms with Gasteiger partial charge in [-0.05, 0) is 30.7 Å². The SMILES string of the molecule is CCCc1nc(N)cc(N(C)c2ccc(F)cc2)n1. The number of nitrogen functional groups attached to an aromatic ring is 1. The molecule has 0 aliphatic carbocycles. The van der Waals surface area contributed by atoms with Gasteiger partial charge in [0, 0.05) is 25.2 Å². The zero-order valence-electron chi connectivity index (χ0n) is 11.1. The highest BCUT2D eigenvalue weighted by molar-refractivity contribution is 5.61. The molecule has 2 rings (SSSR count). The van der Waals surface area contributed by atoms with Crippen molar-refractivity contribution in [3.63, 3.8) is 0 Å². The van der Waals surface area contributed by atoms with Gasteiger partial charge in [-0.1, -0.05) is 6.92 Å². The molecule has 0 aliphatic heterocycles. The fraction of sp³-hybridized carbons (Fsp3) is 0.286. The molecule has 0 saturated carbocycles. The van der Waals surface area contributed by atoms with Crippen LogP contribution < -0.4 is 10.6 Å². The molecule has 2 N–H and O–H groups in total. The minimum Gasteiger partial charge on any atom is -0.384 e. The first-order chi connectivity index (χ1) is 9.10. The van der Waals surface area contributed by atoms with Crippen LogP contribution in [0.3, 0.4) is 0 Å². The molecule has 0 saturated heterocycles. The van der Waals surface area contributed by atoms with E-state index in [1.807, 2.05) is 11.9 Å². The molecular formula is C14H17FN4. The molecule has 0 spiro atoms. The van der Waals surface area contributed by atoms with E-state index in [1.54, 1.807) is 18.2 Å². The number of nitrogens with two attached hydrogens (primary N) is 1. The lowest BCUT2D eigenvalue weighted by Gasteiger charge is -2.19. The van der Waals surface area contributed by atoms with Gasteiger partial charge in [-0.15, -0.1) is 0 Å². The van der Waals surface area contributed by atoms with Crippen LogP contribution in [0.2, 0.25) is 0 Å². The fourth-order valence-electron chi connectivity index (χ4n) is 1.81. The standard InChI is InChI=1S/C14H17FN4/c1-3-4-13-17-12(16)9-14(18-13)19(2)11-7-5-10(15)6-8-11/h5-9H,3-4H2,1-2H3,(H2,16,17,18). The first-order valence-corrected chi connectivity index (χ1v) is 6.23. The smallest absolute Gasteiger partial charge is 0.138 e. The molecule has 1 aromatic carbocycles. The van der Waals surface area contributed by atoms with E-state index in [9.17, 15) is 4.39 Å². The minimum absolute atomic E-state index is 0.258. The van der Waals surface area contributed by atoms with E-state index in [0.29, 0.717) is 11.6 Å². The Morgan fingerprint density at radius 3 is 2.53 bits per heavy atom. The number of anilines is 3. The number of aryl methyl sites for hydroxylation is 1. The van der Waals surface area contributed by atoms with E-state index in [-0.39, 0.29) is 5.82 Å². The quantitative estimate of drug-likeness (QED) is 0.918. The van der Waals surface area contributed by atoms with E-state index in [4.69, 9.17) is 5.73 Å². The van der Waals surface area contributed by atoms with Gasteiger partial charge in [-0.2, -0.15) is 0 Å². The average molecular weight is 260 g/mol. The second-order valence-electron chi connectivity index (χ2n) is 4.35. The topological polar surface area (TPSA) is 55.0 Å².